The summed E-state index contributed by atoms with van der Waals surface area (Å²) in [5.41, 5.74) is 7.38. The van der Waals surface area contributed by atoms with Crippen LogP contribution in [0.1, 0.15) is 36.0 Å². The lowest BCUT2D eigenvalue weighted by molar-refractivity contribution is -0.133. The van der Waals surface area contributed by atoms with Gasteiger partial charge in [0.1, 0.15) is 5.82 Å². The lowest BCUT2D eigenvalue weighted by atomic mass is 9.95. The molecule has 2 aromatic rings. The number of hydrogen-bond acceptors (Lipinski definition) is 7. The molecule has 32 heavy (non-hydrogen) atoms. The van der Waals surface area contributed by atoms with Gasteiger partial charge in [0.05, 0.1) is 16.3 Å². The number of carbonyl (C=O) groups excluding carboxylic acids is 2. The molecular formula is C22H28ClN7O2. The number of piperidine rings is 1. The lowest BCUT2D eigenvalue weighted by Gasteiger charge is -2.34. The van der Waals surface area contributed by atoms with Crippen LogP contribution in [0, 0.1) is 5.92 Å². The van der Waals surface area contributed by atoms with Crippen molar-refractivity contribution in [3.05, 3.63) is 35.0 Å². The summed E-state index contributed by atoms with van der Waals surface area (Å²) >= 11 is 6.58. The van der Waals surface area contributed by atoms with Gasteiger partial charge < -0.3 is 26.2 Å². The molecule has 0 unspecified atom stereocenters. The van der Waals surface area contributed by atoms with Crippen molar-refractivity contribution in [1.29, 1.82) is 0 Å². The first-order chi connectivity index (χ1) is 15.3. The first kappa shape index (κ1) is 22.1. The highest BCUT2D eigenvalue weighted by atomic mass is 35.5. The number of amides is 2. The molecule has 1 aromatic heterocycles. The highest BCUT2D eigenvalue weighted by Crippen LogP contribution is 2.33. The largest absolute Gasteiger partial charge is 0.370 e. The molecule has 2 aliphatic rings. The first-order valence-corrected chi connectivity index (χ1v) is 11.2. The van der Waals surface area contributed by atoms with Crippen LogP contribution in [0.3, 0.4) is 0 Å². The van der Waals surface area contributed by atoms with Crippen molar-refractivity contribution in [2.75, 3.05) is 42.7 Å². The molecule has 9 nitrogen and oxygen atoms in total. The maximum atomic E-state index is 12.2. The Bertz CT molecular complexity index is 1020. The summed E-state index contributed by atoms with van der Waals surface area (Å²) < 4.78 is 0. The summed E-state index contributed by atoms with van der Waals surface area (Å²) in [5.74, 6) is 0.483. The van der Waals surface area contributed by atoms with Crippen LogP contribution in [0.2, 0.25) is 5.02 Å². The Morgan fingerprint density at radius 1 is 1.19 bits per heavy atom. The molecule has 0 atom stereocenters. The maximum Gasteiger partial charge on any atom is 0.254 e. The van der Waals surface area contributed by atoms with Crippen LogP contribution in [0.4, 0.5) is 23.1 Å². The standard InChI is InChI=1S/C22H28ClN7O2/c1-29(2)21(32)13-7-9-30(10-8-13)18-6-5-15(11-17(18)23)27-22-25-12-16(19(24)31)20(28-22)26-14-3-4-14/h5-6,11-14H,3-4,7-10H2,1-2H3,(H2,24,31)(H2,25,26,27,28). The van der Waals surface area contributed by atoms with Gasteiger partial charge in [0, 0.05) is 51.0 Å². The second-order valence-corrected chi connectivity index (χ2v) is 8.93. The molecular weight excluding hydrogens is 430 g/mol. The fourth-order valence-corrected chi connectivity index (χ4v) is 4.16. The second-order valence-electron chi connectivity index (χ2n) is 8.52. The van der Waals surface area contributed by atoms with Crippen LogP contribution >= 0.6 is 11.6 Å². The summed E-state index contributed by atoms with van der Waals surface area (Å²) in [6, 6.07) is 6.02. The number of nitrogens with one attached hydrogen (secondary N) is 2. The molecule has 1 saturated carbocycles. The molecule has 1 saturated heterocycles. The van der Waals surface area contributed by atoms with Gasteiger partial charge in [-0.2, -0.15) is 4.98 Å². The lowest BCUT2D eigenvalue weighted by Crippen LogP contribution is -2.40. The van der Waals surface area contributed by atoms with Gasteiger partial charge in [-0.3, -0.25) is 9.59 Å². The monoisotopic (exact) mass is 457 g/mol. The minimum atomic E-state index is -0.567. The van der Waals surface area contributed by atoms with E-state index < -0.39 is 5.91 Å². The smallest absolute Gasteiger partial charge is 0.254 e. The quantitative estimate of drug-likeness (QED) is 0.585. The van der Waals surface area contributed by atoms with E-state index in [4.69, 9.17) is 17.3 Å². The first-order valence-electron chi connectivity index (χ1n) is 10.8. The van der Waals surface area contributed by atoms with E-state index in [1.165, 1.54) is 6.20 Å². The van der Waals surface area contributed by atoms with Crippen LogP contribution in [0.5, 0.6) is 0 Å². The van der Waals surface area contributed by atoms with Crippen molar-refractivity contribution in [3.63, 3.8) is 0 Å². The van der Waals surface area contributed by atoms with Gasteiger partial charge in [-0.1, -0.05) is 11.6 Å². The Hall–Kier alpha value is -3.07. The van der Waals surface area contributed by atoms with Gasteiger partial charge in [-0.25, -0.2) is 4.98 Å². The fraction of sp³-hybridized carbons (Fsp3) is 0.455. The number of halogens is 1. The molecule has 4 rings (SSSR count). The minimum absolute atomic E-state index is 0.0694. The SMILES string of the molecule is CN(C)C(=O)C1CCN(c2ccc(Nc3ncc(C(N)=O)c(NC4CC4)n3)cc2Cl)CC1. The molecule has 1 aliphatic heterocycles. The molecule has 0 radical (unpaired) electrons. The summed E-state index contributed by atoms with van der Waals surface area (Å²) in [6.07, 6.45) is 5.14. The predicted molar refractivity (Wildman–Crippen MR) is 126 cm³/mol. The molecule has 170 valence electrons. The van der Waals surface area contributed by atoms with Crippen molar-refractivity contribution in [3.8, 4) is 0 Å². The average Bonchev–Trinajstić information content (AvgIpc) is 3.57. The molecule has 0 bridgehead atoms. The Morgan fingerprint density at radius 2 is 1.91 bits per heavy atom. The van der Waals surface area contributed by atoms with Gasteiger partial charge in [0.25, 0.3) is 5.91 Å². The number of primary amides is 1. The summed E-state index contributed by atoms with van der Waals surface area (Å²) in [7, 11) is 3.60. The van der Waals surface area contributed by atoms with E-state index in [1.54, 1.807) is 19.0 Å². The average molecular weight is 458 g/mol. The van der Waals surface area contributed by atoms with E-state index in [0.29, 0.717) is 22.8 Å². The van der Waals surface area contributed by atoms with Crippen LogP contribution in [0.15, 0.2) is 24.4 Å². The normalized spacial score (nSPS) is 16.5. The van der Waals surface area contributed by atoms with E-state index in [1.807, 2.05) is 18.2 Å². The van der Waals surface area contributed by atoms with Gasteiger partial charge in [-0.05, 0) is 43.9 Å². The molecule has 4 N–H and O–H groups in total. The highest BCUT2D eigenvalue weighted by Gasteiger charge is 2.27. The number of carbonyl (C=O) groups is 2. The van der Waals surface area contributed by atoms with Crippen LogP contribution in [-0.2, 0) is 4.79 Å². The van der Waals surface area contributed by atoms with Gasteiger partial charge in [0.15, 0.2) is 0 Å². The summed E-state index contributed by atoms with van der Waals surface area (Å²) in [6.45, 7) is 1.56. The second kappa shape index (κ2) is 9.20. The molecule has 0 spiro atoms. The van der Waals surface area contributed by atoms with E-state index in [0.717, 1.165) is 50.1 Å². The maximum absolute atomic E-state index is 12.2. The van der Waals surface area contributed by atoms with Crippen LogP contribution in [0.25, 0.3) is 0 Å². The van der Waals surface area contributed by atoms with Gasteiger partial charge in [0.2, 0.25) is 11.9 Å². The van der Waals surface area contributed by atoms with Crippen LogP contribution < -0.4 is 21.3 Å². The predicted octanol–water partition coefficient (Wildman–Crippen LogP) is 2.85. The molecule has 10 heteroatoms. The molecule has 1 aromatic carbocycles. The number of hydrogen-bond donors (Lipinski definition) is 3. The molecule has 2 heterocycles. The Labute approximate surface area is 192 Å². The third-order valence-corrected chi connectivity index (χ3v) is 6.10. The zero-order valence-electron chi connectivity index (χ0n) is 18.3. The van der Waals surface area contributed by atoms with E-state index in [-0.39, 0.29) is 17.4 Å². The van der Waals surface area contributed by atoms with Crippen molar-refractivity contribution in [2.45, 2.75) is 31.7 Å². The molecule has 1 aliphatic carbocycles. The van der Waals surface area contributed by atoms with Gasteiger partial charge in [-0.15, -0.1) is 0 Å². The van der Waals surface area contributed by atoms with E-state index in [2.05, 4.69) is 25.5 Å². The zero-order chi connectivity index (χ0) is 22.8. The summed E-state index contributed by atoms with van der Waals surface area (Å²) in [5, 5.41) is 6.97. The number of nitrogens with zero attached hydrogens (tertiary/aromatic N) is 4. The van der Waals surface area contributed by atoms with Crippen molar-refractivity contribution >= 4 is 46.6 Å². The van der Waals surface area contributed by atoms with Crippen molar-refractivity contribution in [2.24, 2.45) is 11.7 Å². The van der Waals surface area contributed by atoms with E-state index in [9.17, 15) is 9.59 Å². The molecule has 2 fully saturated rings. The third kappa shape index (κ3) is 5.04. The Morgan fingerprint density at radius 3 is 2.50 bits per heavy atom. The summed E-state index contributed by atoms with van der Waals surface area (Å²) in [4.78, 5) is 36.4. The fourth-order valence-electron chi connectivity index (χ4n) is 3.86. The van der Waals surface area contributed by atoms with Crippen LogP contribution in [-0.4, -0.2) is 59.9 Å². The van der Waals surface area contributed by atoms with Gasteiger partial charge >= 0.3 is 0 Å². The topological polar surface area (TPSA) is 116 Å². The Balaban J connectivity index is 1.44. The number of aromatic nitrogens is 2. The number of benzene rings is 1. The number of rotatable bonds is 7. The third-order valence-electron chi connectivity index (χ3n) is 5.80. The number of nitrogens with two attached hydrogens (primary N) is 1. The van der Waals surface area contributed by atoms with Crippen molar-refractivity contribution < 1.29 is 9.59 Å². The Kier molecular flexibility index (Phi) is 6.36. The minimum Gasteiger partial charge on any atom is -0.370 e. The number of anilines is 4. The highest BCUT2D eigenvalue weighted by molar-refractivity contribution is 6.33. The van der Waals surface area contributed by atoms with E-state index >= 15 is 0 Å². The molecule has 2 amide bonds. The zero-order valence-corrected chi connectivity index (χ0v) is 19.0. The van der Waals surface area contributed by atoms with Crippen molar-refractivity contribution in [1.82, 2.24) is 14.9 Å².